The number of rotatable bonds is 5. The lowest BCUT2D eigenvalue weighted by molar-refractivity contribution is 0.0672. The number of aliphatic hydroxyl groups is 1. The number of hydrogen-bond acceptors (Lipinski definition) is 5. The summed E-state index contributed by atoms with van der Waals surface area (Å²) in [4.78, 5) is 14.4. The van der Waals surface area contributed by atoms with Crippen LogP contribution < -0.4 is 0 Å². The first-order chi connectivity index (χ1) is 11.0. The van der Waals surface area contributed by atoms with Crippen LogP contribution in [0, 0.1) is 6.92 Å². The first-order valence-corrected chi connectivity index (χ1v) is 7.96. The fraction of sp³-hybridized carbons (Fsp3) is 0.562. The largest absolute Gasteiger partial charge is 0.393 e. The summed E-state index contributed by atoms with van der Waals surface area (Å²) in [7, 11) is 0. The molecule has 1 saturated heterocycles. The highest BCUT2D eigenvalue weighted by molar-refractivity contribution is 5.92. The van der Waals surface area contributed by atoms with Crippen LogP contribution in [0.4, 0.5) is 0 Å². The minimum atomic E-state index is -0.413. The predicted molar refractivity (Wildman–Crippen MR) is 82.9 cm³/mol. The van der Waals surface area contributed by atoms with Gasteiger partial charge in [-0.05, 0) is 38.7 Å². The average Bonchev–Trinajstić information content (AvgIpc) is 3.20. The molecule has 1 N–H and O–H groups in total. The fourth-order valence-electron chi connectivity index (χ4n) is 3.09. The molecule has 2 unspecified atom stereocenters. The van der Waals surface area contributed by atoms with Crippen LogP contribution in [0.5, 0.6) is 0 Å². The van der Waals surface area contributed by atoms with Gasteiger partial charge in [-0.3, -0.25) is 9.48 Å². The molecule has 124 valence electrons. The number of aromatic nitrogens is 3. The van der Waals surface area contributed by atoms with Crippen molar-refractivity contribution in [2.75, 3.05) is 6.54 Å². The van der Waals surface area contributed by atoms with Gasteiger partial charge < -0.3 is 14.5 Å². The number of carbonyl (C=O) groups is 1. The lowest BCUT2D eigenvalue weighted by atomic mass is 10.1. The van der Waals surface area contributed by atoms with E-state index in [-0.39, 0.29) is 11.9 Å². The van der Waals surface area contributed by atoms with Crippen LogP contribution in [-0.2, 0) is 6.54 Å². The topological polar surface area (TPSA) is 84.4 Å². The van der Waals surface area contributed by atoms with Crippen molar-refractivity contribution < 1.29 is 14.4 Å². The van der Waals surface area contributed by atoms with Crippen molar-refractivity contribution in [1.29, 1.82) is 0 Å². The molecule has 0 bridgehead atoms. The minimum Gasteiger partial charge on any atom is -0.393 e. The molecule has 3 heterocycles. The molecule has 0 spiro atoms. The third-order valence-electron chi connectivity index (χ3n) is 4.11. The quantitative estimate of drug-likeness (QED) is 0.905. The molecule has 1 aliphatic rings. The van der Waals surface area contributed by atoms with Gasteiger partial charge in [0.1, 0.15) is 6.54 Å². The van der Waals surface area contributed by atoms with Gasteiger partial charge in [0.05, 0.1) is 12.3 Å². The number of amides is 1. The highest BCUT2D eigenvalue weighted by Gasteiger charge is 2.31. The van der Waals surface area contributed by atoms with E-state index in [0.29, 0.717) is 31.0 Å². The highest BCUT2D eigenvalue weighted by atomic mass is 16.5. The smallest absolute Gasteiger partial charge is 0.276 e. The Bertz CT molecular complexity index is 676. The van der Waals surface area contributed by atoms with E-state index < -0.39 is 6.10 Å². The molecule has 0 aliphatic carbocycles. The summed E-state index contributed by atoms with van der Waals surface area (Å²) in [5, 5.41) is 17.7. The van der Waals surface area contributed by atoms with Crippen LogP contribution in [0.3, 0.4) is 0 Å². The zero-order valence-electron chi connectivity index (χ0n) is 13.5. The van der Waals surface area contributed by atoms with Crippen LogP contribution in [0.2, 0.25) is 0 Å². The fourth-order valence-corrected chi connectivity index (χ4v) is 3.09. The van der Waals surface area contributed by atoms with Gasteiger partial charge in [-0.25, -0.2) is 0 Å². The predicted octanol–water partition coefficient (Wildman–Crippen LogP) is 1.60. The van der Waals surface area contributed by atoms with Crippen molar-refractivity contribution in [1.82, 2.24) is 19.8 Å². The number of nitrogens with zero attached hydrogens (tertiary/aromatic N) is 4. The van der Waals surface area contributed by atoms with Crippen LogP contribution in [0.15, 0.2) is 23.0 Å². The lowest BCUT2D eigenvalue weighted by Crippen LogP contribution is -2.37. The molecule has 2 aromatic rings. The van der Waals surface area contributed by atoms with Crippen molar-refractivity contribution in [2.45, 2.75) is 51.8 Å². The van der Waals surface area contributed by atoms with Crippen molar-refractivity contribution in [2.24, 2.45) is 0 Å². The van der Waals surface area contributed by atoms with Gasteiger partial charge in [0.25, 0.3) is 5.91 Å². The molecular formula is C16H22N4O3. The lowest BCUT2D eigenvalue weighted by Gasteiger charge is -2.24. The third-order valence-corrected chi connectivity index (χ3v) is 4.11. The molecule has 2 atom stereocenters. The molecule has 1 amide bonds. The molecule has 23 heavy (non-hydrogen) atoms. The van der Waals surface area contributed by atoms with E-state index >= 15 is 0 Å². The first-order valence-electron chi connectivity index (χ1n) is 7.96. The summed E-state index contributed by atoms with van der Waals surface area (Å²) in [5.74, 6) is 0.475. The summed E-state index contributed by atoms with van der Waals surface area (Å²) >= 11 is 0. The molecule has 0 radical (unpaired) electrons. The second-order valence-corrected chi connectivity index (χ2v) is 6.27. The van der Waals surface area contributed by atoms with Gasteiger partial charge in [0.15, 0.2) is 11.5 Å². The second kappa shape index (κ2) is 6.54. The molecule has 0 aromatic carbocycles. The van der Waals surface area contributed by atoms with Crippen LogP contribution in [0.25, 0.3) is 0 Å². The number of likely N-dealkylation sites (tertiary alicyclic amines) is 1. The zero-order chi connectivity index (χ0) is 16.4. The Hall–Kier alpha value is -2.15. The standard InChI is InChI=1S/C16H22N4O3/c1-11-8-17-19(9-11)10-14-7-15(18-23-14)16(22)20-5-3-4-13(20)6-12(2)21/h7-9,12-13,21H,3-6,10H2,1-2H3. The van der Waals surface area contributed by atoms with Gasteiger partial charge in [-0.2, -0.15) is 5.10 Å². The zero-order valence-corrected chi connectivity index (χ0v) is 13.5. The van der Waals surface area contributed by atoms with Crippen molar-refractivity contribution >= 4 is 5.91 Å². The van der Waals surface area contributed by atoms with E-state index in [4.69, 9.17) is 4.52 Å². The summed E-state index contributed by atoms with van der Waals surface area (Å²) < 4.78 is 7.01. The van der Waals surface area contributed by atoms with Gasteiger partial charge >= 0.3 is 0 Å². The molecule has 1 aliphatic heterocycles. The Morgan fingerprint density at radius 1 is 1.57 bits per heavy atom. The van der Waals surface area contributed by atoms with Gasteiger partial charge in [0.2, 0.25) is 0 Å². The normalized spacial score (nSPS) is 19.3. The average molecular weight is 318 g/mol. The van der Waals surface area contributed by atoms with E-state index in [1.807, 2.05) is 13.1 Å². The van der Waals surface area contributed by atoms with Gasteiger partial charge in [-0.1, -0.05) is 5.16 Å². The molecular weight excluding hydrogens is 296 g/mol. The van der Waals surface area contributed by atoms with Crippen LogP contribution >= 0.6 is 0 Å². The Kier molecular flexibility index (Phi) is 4.47. The number of aryl methyl sites for hydroxylation is 1. The van der Waals surface area contributed by atoms with Crippen LogP contribution in [0.1, 0.15) is 48.0 Å². The molecule has 7 nitrogen and oxygen atoms in total. The summed E-state index contributed by atoms with van der Waals surface area (Å²) in [6, 6.07) is 1.76. The monoisotopic (exact) mass is 318 g/mol. The summed E-state index contributed by atoms with van der Waals surface area (Å²) in [6.07, 6.45) is 5.75. The molecule has 7 heteroatoms. The minimum absolute atomic E-state index is 0.0800. The van der Waals surface area contributed by atoms with Gasteiger partial charge in [0, 0.05) is 24.8 Å². The Balaban J connectivity index is 1.68. The van der Waals surface area contributed by atoms with Crippen molar-refractivity contribution in [3.05, 3.63) is 35.5 Å². The van der Waals surface area contributed by atoms with E-state index in [1.165, 1.54) is 0 Å². The maximum Gasteiger partial charge on any atom is 0.276 e. The van der Waals surface area contributed by atoms with E-state index in [0.717, 1.165) is 18.4 Å². The van der Waals surface area contributed by atoms with Gasteiger partial charge in [-0.15, -0.1) is 0 Å². The van der Waals surface area contributed by atoms with Crippen LogP contribution in [-0.4, -0.2) is 49.5 Å². The van der Waals surface area contributed by atoms with E-state index in [1.54, 1.807) is 28.8 Å². The highest BCUT2D eigenvalue weighted by Crippen LogP contribution is 2.23. The second-order valence-electron chi connectivity index (χ2n) is 6.27. The van der Waals surface area contributed by atoms with Crippen molar-refractivity contribution in [3.8, 4) is 0 Å². The maximum atomic E-state index is 12.6. The molecule has 0 saturated carbocycles. The van der Waals surface area contributed by atoms with E-state index in [2.05, 4.69) is 10.3 Å². The Morgan fingerprint density at radius 3 is 3.09 bits per heavy atom. The molecule has 2 aromatic heterocycles. The number of carbonyl (C=O) groups excluding carboxylic acids is 1. The maximum absolute atomic E-state index is 12.6. The third kappa shape index (κ3) is 3.61. The van der Waals surface area contributed by atoms with E-state index in [9.17, 15) is 9.90 Å². The number of aliphatic hydroxyl groups excluding tert-OH is 1. The summed E-state index contributed by atoms with van der Waals surface area (Å²) in [6.45, 7) is 4.87. The molecule has 3 rings (SSSR count). The number of hydrogen-bond donors (Lipinski definition) is 1. The molecule has 1 fully saturated rings. The SMILES string of the molecule is Cc1cnn(Cc2cc(C(=O)N3CCCC3CC(C)O)no2)c1. The first kappa shape index (κ1) is 15.7. The summed E-state index contributed by atoms with van der Waals surface area (Å²) in [5.41, 5.74) is 1.39. The van der Waals surface area contributed by atoms with Crippen molar-refractivity contribution in [3.63, 3.8) is 0 Å². The Morgan fingerprint density at radius 2 is 2.39 bits per heavy atom. The Labute approximate surface area is 134 Å².